The normalized spacial score (nSPS) is 17.1. The molecule has 0 aromatic heterocycles. The first-order chi connectivity index (χ1) is 7.72. The monoisotopic (exact) mass is 218 g/mol. The number of aliphatic hydroxyl groups excluding tert-OH is 1. The predicted molar refractivity (Wildman–Crippen MR) is 63.5 cm³/mol. The number of benzene rings is 1. The zero-order valence-electron chi connectivity index (χ0n) is 9.65. The molecule has 1 aliphatic carbocycles. The first kappa shape index (κ1) is 11.3. The summed E-state index contributed by atoms with van der Waals surface area (Å²) in [5, 5.41) is 9.78. The molecule has 1 fully saturated rings. The average molecular weight is 218 g/mol. The number of hydrogen-bond donors (Lipinski definition) is 1. The van der Waals surface area contributed by atoms with Crippen molar-refractivity contribution in [2.24, 2.45) is 5.92 Å². The van der Waals surface area contributed by atoms with Crippen LogP contribution in [0.4, 0.5) is 0 Å². The van der Waals surface area contributed by atoms with Crippen molar-refractivity contribution in [3.05, 3.63) is 35.4 Å². The molecule has 16 heavy (non-hydrogen) atoms. The maximum absolute atomic E-state index is 11.9. The predicted octanol–water partition coefficient (Wildman–Crippen LogP) is 2.59. The molecule has 1 atom stereocenters. The Hall–Kier alpha value is -1.15. The first-order valence-corrected chi connectivity index (χ1v) is 6.03. The van der Waals surface area contributed by atoms with E-state index in [2.05, 4.69) is 6.92 Å². The van der Waals surface area contributed by atoms with E-state index in [-0.39, 0.29) is 11.7 Å². The number of Topliss-reactive ketones (excluding diaryl/α,β-unsaturated/α-hetero) is 1. The molecule has 0 spiro atoms. The summed E-state index contributed by atoms with van der Waals surface area (Å²) in [7, 11) is 0. The van der Waals surface area contributed by atoms with Gasteiger partial charge in [0.15, 0.2) is 5.78 Å². The number of aryl methyl sites for hydroxylation is 1. The minimum absolute atomic E-state index is 0.111. The van der Waals surface area contributed by atoms with E-state index in [1.807, 2.05) is 18.2 Å². The van der Waals surface area contributed by atoms with Crippen molar-refractivity contribution < 1.29 is 9.90 Å². The summed E-state index contributed by atoms with van der Waals surface area (Å²) in [6, 6.07) is 7.64. The van der Waals surface area contributed by atoms with Crippen LogP contribution in [-0.4, -0.2) is 17.0 Å². The standard InChI is InChI=1S/C14H18O2/c1-2-4-10-5-3-6-12(9-10)14(16)13(15)11-7-8-11/h3,5-6,9,11,13,15H,2,4,7-8H2,1H3. The zero-order valence-corrected chi connectivity index (χ0v) is 9.65. The van der Waals surface area contributed by atoms with Crippen molar-refractivity contribution in [1.82, 2.24) is 0 Å². The second-order valence-corrected chi connectivity index (χ2v) is 4.60. The van der Waals surface area contributed by atoms with Gasteiger partial charge in [0.1, 0.15) is 6.10 Å². The lowest BCUT2D eigenvalue weighted by Crippen LogP contribution is -2.22. The number of hydrogen-bond acceptors (Lipinski definition) is 2. The third-order valence-electron chi connectivity index (χ3n) is 3.09. The van der Waals surface area contributed by atoms with Crippen LogP contribution in [0.5, 0.6) is 0 Å². The molecule has 86 valence electrons. The van der Waals surface area contributed by atoms with E-state index in [1.54, 1.807) is 6.07 Å². The van der Waals surface area contributed by atoms with Crippen LogP contribution >= 0.6 is 0 Å². The number of rotatable bonds is 5. The second-order valence-electron chi connectivity index (χ2n) is 4.60. The van der Waals surface area contributed by atoms with Crippen LogP contribution < -0.4 is 0 Å². The van der Waals surface area contributed by atoms with Gasteiger partial charge in [0.05, 0.1) is 0 Å². The topological polar surface area (TPSA) is 37.3 Å². The smallest absolute Gasteiger partial charge is 0.191 e. The molecule has 1 aromatic rings. The highest BCUT2D eigenvalue weighted by Gasteiger charge is 2.34. The van der Waals surface area contributed by atoms with Gasteiger partial charge in [0, 0.05) is 5.56 Å². The van der Waals surface area contributed by atoms with E-state index in [0.717, 1.165) is 25.7 Å². The van der Waals surface area contributed by atoms with Crippen LogP contribution in [0.1, 0.15) is 42.1 Å². The summed E-state index contributed by atoms with van der Waals surface area (Å²) in [4.78, 5) is 11.9. The second kappa shape index (κ2) is 4.79. The van der Waals surface area contributed by atoms with Gasteiger partial charge in [-0.15, -0.1) is 0 Å². The maximum atomic E-state index is 11.9. The molecule has 0 aliphatic heterocycles. The van der Waals surface area contributed by atoms with Gasteiger partial charge in [-0.1, -0.05) is 31.5 Å². The van der Waals surface area contributed by atoms with E-state index in [4.69, 9.17) is 0 Å². The molecular formula is C14H18O2. The van der Waals surface area contributed by atoms with Crippen LogP contribution in [0.3, 0.4) is 0 Å². The lowest BCUT2D eigenvalue weighted by molar-refractivity contribution is 0.0704. The summed E-state index contributed by atoms with van der Waals surface area (Å²) in [6.07, 6.45) is 3.25. The number of carbonyl (C=O) groups excluding carboxylic acids is 1. The quantitative estimate of drug-likeness (QED) is 0.771. The summed E-state index contributed by atoms with van der Waals surface area (Å²) in [5.41, 5.74) is 1.83. The highest BCUT2D eigenvalue weighted by molar-refractivity contribution is 5.99. The van der Waals surface area contributed by atoms with Gasteiger partial charge in [-0.2, -0.15) is 0 Å². The molecule has 1 N–H and O–H groups in total. The average Bonchev–Trinajstić information content (AvgIpc) is 3.12. The van der Waals surface area contributed by atoms with Gasteiger partial charge in [-0.05, 0) is 36.8 Å². The maximum Gasteiger partial charge on any atom is 0.191 e. The van der Waals surface area contributed by atoms with Gasteiger partial charge in [-0.25, -0.2) is 0 Å². The minimum atomic E-state index is -0.781. The first-order valence-electron chi connectivity index (χ1n) is 6.03. The Balaban J connectivity index is 2.12. The highest BCUT2D eigenvalue weighted by Crippen LogP contribution is 2.34. The molecule has 0 saturated heterocycles. The van der Waals surface area contributed by atoms with Crippen molar-refractivity contribution in [1.29, 1.82) is 0 Å². The molecule has 1 aliphatic rings. The third kappa shape index (κ3) is 2.50. The Bertz CT molecular complexity index is 380. The van der Waals surface area contributed by atoms with Gasteiger partial charge < -0.3 is 5.11 Å². The molecule has 0 amide bonds. The fourth-order valence-electron chi connectivity index (χ4n) is 1.97. The minimum Gasteiger partial charge on any atom is -0.385 e. The van der Waals surface area contributed by atoms with Gasteiger partial charge in [-0.3, -0.25) is 4.79 Å². The van der Waals surface area contributed by atoms with Crippen LogP contribution in [-0.2, 0) is 6.42 Å². The van der Waals surface area contributed by atoms with E-state index >= 15 is 0 Å². The zero-order chi connectivity index (χ0) is 11.5. The van der Waals surface area contributed by atoms with Crippen molar-refractivity contribution in [2.45, 2.75) is 38.7 Å². The molecule has 1 unspecified atom stereocenters. The molecule has 1 saturated carbocycles. The van der Waals surface area contributed by atoms with E-state index in [0.29, 0.717) is 5.56 Å². The molecule has 2 rings (SSSR count). The SMILES string of the molecule is CCCc1cccc(C(=O)C(O)C2CC2)c1. The van der Waals surface area contributed by atoms with Gasteiger partial charge in [0.2, 0.25) is 0 Å². The number of ketones is 1. The largest absolute Gasteiger partial charge is 0.385 e. The Morgan fingerprint density at radius 3 is 2.88 bits per heavy atom. The van der Waals surface area contributed by atoms with Crippen LogP contribution in [0.2, 0.25) is 0 Å². The molecular weight excluding hydrogens is 200 g/mol. The van der Waals surface area contributed by atoms with Crippen molar-refractivity contribution in [3.8, 4) is 0 Å². The molecule has 0 radical (unpaired) electrons. The third-order valence-corrected chi connectivity index (χ3v) is 3.09. The Morgan fingerprint density at radius 1 is 1.50 bits per heavy atom. The number of aliphatic hydroxyl groups is 1. The number of carbonyl (C=O) groups is 1. The molecule has 0 bridgehead atoms. The lowest BCUT2D eigenvalue weighted by atomic mass is 9.99. The molecule has 2 heteroatoms. The van der Waals surface area contributed by atoms with Crippen LogP contribution in [0.25, 0.3) is 0 Å². The molecule has 2 nitrogen and oxygen atoms in total. The van der Waals surface area contributed by atoms with E-state index in [1.165, 1.54) is 5.56 Å². The Morgan fingerprint density at radius 2 is 2.25 bits per heavy atom. The van der Waals surface area contributed by atoms with Gasteiger partial charge in [0.25, 0.3) is 0 Å². The Kier molecular flexibility index (Phi) is 3.39. The summed E-state index contributed by atoms with van der Waals surface area (Å²) in [5.74, 6) is 0.0998. The molecule has 1 aromatic carbocycles. The fraction of sp³-hybridized carbons (Fsp3) is 0.500. The summed E-state index contributed by atoms with van der Waals surface area (Å²) < 4.78 is 0. The van der Waals surface area contributed by atoms with Crippen LogP contribution in [0, 0.1) is 5.92 Å². The van der Waals surface area contributed by atoms with Gasteiger partial charge >= 0.3 is 0 Å². The van der Waals surface area contributed by atoms with Crippen molar-refractivity contribution in [3.63, 3.8) is 0 Å². The van der Waals surface area contributed by atoms with Crippen LogP contribution in [0.15, 0.2) is 24.3 Å². The van der Waals surface area contributed by atoms with Crippen molar-refractivity contribution in [2.75, 3.05) is 0 Å². The van der Waals surface area contributed by atoms with E-state index in [9.17, 15) is 9.90 Å². The fourth-order valence-corrected chi connectivity index (χ4v) is 1.97. The molecule has 0 heterocycles. The Labute approximate surface area is 96.3 Å². The highest BCUT2D eigenvalue weighted by atomic mass is 16.3. The van der Waals surface area contributed by atoms with Crippen molar-refractivity contribution >= 4 is 5.78 Å². The summed E-state index contributed by atoms with van der Waals surface area (Å²) >= 11 is 0. The lowest BCUT2D eigenvalue weighted by Gasteiger charge is -2.09. The summed E-state index contributed by atoms with van der Waals surface area (Å²) in [6.45, 7) is 2.12. The van der Waals surface area contributed by atoms with E-state index < -0.39 is 6.10 Å².